The van der Waals surface area contributed by atoms with Gasteiger partial charge in [0.2, 0.25) is 0 Å². The summed E-state index contributed by atoms with van der Waals surface area (Å²) >= 11 is 4.94. The molecule has 0 aromatic carbocycles. The van der Waals surface area contributed by atoms with Crippen LogP contribution in [0.2, 0.25) is 0 Å². The molecule has 0 amide bonds. The lowest BCUT2D eigenvalue weighted by atomic mass is 10.4. The number of methoxy groups -OCH3 is 1. The van der Waals surface area contributed by atoms with Gasteiger partial charge in [-0.3, -0.25) is 0 Å². The first-order chi connectivity index (χ1) is 7.24. The second-order valence-corrected chi connectivity index (χ2v) is 5.02. The summed E-state index contributed by atoms with van der Waals surface area (Å²) < 4.78 is 7.98. The zero-order valence-electron chi connectivity index (χ0n) is 8.65. The highest BCUT2D eigenvalue weighted by Crippen LogP contribution is 2.19. The summed E-state index contributed by atoms with van der Waals surface area (Å²) in [5.41, 5.74) is 0. The van der Waals surface area contributed by atoms with Gasteiger partial charge in [-0.15, -0.1) is 10.2 Å². The van der Waals surface area contributed by atoms with E-state index in [0.29, 0.717) is 0 Å². The van der Waals surface area contributed by atoms with Crippen LogP contribution in [-0.4, -0.2) is 34.2 Å². The standard InChI is InChI=1S/C9H14BrN3OS/c1-8(10)6-15-9-12-11-7-13(9)4-3-5-14-2/h7H,1,3-6H2,2H3. The fraction of sp³-hybridized carbons (Fsp3) is 0.556. The van der Waals surface area contributed by atoms with Gasteiger partial charge < -0.3 is 9.30 Å². The summed E-state index contributed by atoms with van der Waals surface area (Å²) in [4.78, 5) is 0. The number of aromatic nitrogens is 3. The number of aryl methyl sites for hydroxylation is 1. The number of nitrogens with zero attached hydrogens (tertiary/aromatic N) is 3. The van der Waals surface area contributed by atoms with Crippen LogP contribution in [0.1, 0.15) is 6.42 Å². The molecule has 0 aliphatic rings. The molecule has 0 fully saturated rings. The smallest absolute Gasteiger partial charge is 0.191 e. The van der Waals surface area contributed by atoms with Crippen LogP contribution in [-0.2, 0) is 11.3 Å². The van der Waals surface area contributed by atoms with Crippen molar-refractivity contribution in [3.05, 3.63) is 17.4 Å². The minimum atomic E-state index is 0.757. The Kier molecular flexibility index (Phi) is 5.97. The Hall–Kier alpha value is -0.330. The van der Waals surface area contributed by atoms with Crippen molar-refractivity contribution < 1.29 is 4.74 Å². The average Bonchev–Trinajstić information content (AvgIpc) is 2.63. The average molecular weight is 292 g/mol. The van der Waals surface area contributed by atoms with Crippen molar-refractivity contribution in [2.24, 2.45) is 0 Å². The van der Waals surface area contributed by atoms with Crippen LogP contribution in [0.3, 0.4) is 0 Å². The number of rotatable bonds is 7. The van der Waals surface area contributed by atoms with Crippen molar-refractivity contribution in [2.75, 3.05) is 19.5 Å². The summed E-state index contributed by atoms with van der Waals surface area (Å²) in [6.45, 7) is 5.42. The molecule has 0 saturated heterocycles. The van der Waals surface area contributed by atoms with Crippen LogP contribution in [0.5, 0.6) is 0 Å². The molecule has 1 aromatic rings. The van der Waals surface area contributed by atoms with Crippen molar-refractivity contribution in [1.82, 2.24) is 14.8 Å². The van der Waals surface area contributed by atoms with Crippen molar-refractivity contribution >= 4 is 27.7 Å². The highest BCUT2D eigenvalue weighted by molar-refractivity contribution is 9.11. The van der Waals surface area contributed by atoms with E-state index in [1.165, 1.54) is 0 Å². The van der Waals surface area contributed by atoms with E-state index in [1.807, 2.05) is 4.57 Å². The summed E-state index contributed by atoms with van der Waals surface area (Å²) in [5.74, 6) is 0.809. The highest BCUT2D eigenvalue weighted by Gasteiger charge is 2.04. The third-order valence-corrected chi connectivity index (χ3v) is 3.40. The Morgan fingerprint density at radius 1 is 1.73 bits per heavy atom. The van der Waals surface area contributed by atoms with Crippen molar-refractivity contribution in [1.29, 1.82) is 0 Å². The molecular formula is C9H14BrN3OS. The Morgan fingerprint density at radius 3 is 3.20 bits per heavy atom. The molecule has 1 heterocycles. The quantitative estimate of drug-likeness (QED) is 0.571. The summed E-state index contributed by atoms with van der Waals surface area (Å²) in [6, 6.07) is 0. The van der Waals surface area contributed by atoms with Gasteiger partial charge in [0, 0.05) is 26.0 Å². The third kappa shape index (κ3) is 4.81. The molecule has 0 saturated carbocycles. The monoisotopic (exact) mass is 291 g/mol. The third-order valence-electron chi connectivity index (χ3n) is 1.69. The van der Waals surface area contributed by atoms with Gasteiger partial charge >= 0.3 is 0 Å². The van der Waals surface area contributed by atoms with Gasteiger partial charge in [-0.1, -0.05) is 34.3 Å². The normalized spacial score (nSPS) is 10.5. The maximum absolute atomic E-state index is 5.00. The first kappa shape index (κ1) is 12.7. The van der Waals surface area contributed by atoms with Gasteiger partial charge in [0.25, 0.3) is 0 Å². The van der Waals surface area contributed by atoms with E-state index in [9.17, 15) is 0 Å². The van der Waals surface area contributed by atoms with Crippen molar-refractivity contribution in [3.63, 3.8) is 0 Å². The number of hydrogen-bond donors (Lipinski definition) is 0. The van der Waals surface area contributed by atoms with E-state index < -0.39 is 0 Å². The maximum Gasteiger partial charge on any atom is 0.191 e. The zero-order valence-corrected chi connectivity index (χ0v) is 11.1. The van der Waals surface area contributed by atoms with E-state index >= 15 is 0 Å². The largest absolute Gasteiger partial charge is 0.385 e. The molecule has 15 heavy (non-hydrogen) atoms. The van der Waals surface area contributed by atoms with Gasteiger partial charge in [-0.2, -0.15) is 0 Å². The molecule has 6 heteroatoms. The van der Waals surface area contributed by atoms with Gasteiger partial charge in [-0.05, 0) is 10.9 Å². The predicted octanol–water partition coefficient (Wildman–Crippen LogP) is 2.32. The van der Waals surface area contributed by atoms with Crippen LogP contribution in [0.15, 0.2) is 22.5 Å². The fourth-order valence-electron chi connectivity index (χ4n) is 1.03. The lowest BCUT2D eigenvalue weighted by Crippen LogP contribution is -2.02. The van der Waals surface area contributed by atoms with Crippen LogP contribution in [0.4, 0.5) is 0 Å². The van der Waals surface area contributed by atoms with Crippen LogP contribution in [0.25, 0.3) is 0 Å². The highest BCUT2D eigenvalue weighted by atomic mass is 79.9. The Labute approximate surface area is 102 Å². The van der Waals surface area contributed by atoms with Crippen LogP contribution < -0.4 is 0 Å². The molecule has 1 rings (SSSR count). The van der Waals surface area contributed by atoms with Gasteiger partial charge in [0.1, 0.15) is 6.33 Å². The molecule has 84 valence electrons. The van der Waals surface area contributed by atoms with Crippen LogP contribution >= 0.6 is 27.7 Å². The van der Waals surface area contributed by atoms with E-state index in [2.05, 4.69) is 32.7 Å². The lowest BCUT2D eigenvalue weighted by Gasteiger charge is -2.04. The van der Waals surface area contributed by atoms with E-state index in [-0.39, 0.29) is 0 Å². The zero-order chi connectivity index (χ0) is 11.1. The molecule has 0 unspecified atom stereocenters. The fourth-order valence-corrected chi connectivity index (χ4v) is 2.07. The number of ether oxygens (including phenoxy) is 1. The molecule has 0 spiro atoms. The van der Waals surface area contributed by atoms with Crippen molar-refractivity contribution in [3.8, 4) is 0 Å². The summed E-state index contributed by atoms with van der Waals surface area (Å²) in [5, 5.41) is 8.85. The van der Waals surface area contributed by atoms with E-state index in [0.717, 1.165) is 35.0 Å². The molecule has 0 bridgehead atoms. The topological polar surface area (TPSA) is 39.9 Å². The van der Waals surface area contributed by atoms with Gasteiger partial charge in [-0.25, -0.2) is 0 Å². The molecule has 0 atom stereocenters. The second kappa shape index (κ2) is 7.03. The molecule has 1 aromatic heterocycles. The molecule has 0 aliphatic heterocycles. The predicted molar refractivity (Wildman–Crippen MR) is 65.3 cm³/mol. The van der Waals surface area contributed by atoms with Gasteiger partial charge in [0.15, 0.2) is 5.16 Å². The summed E-state index contributed by atoms with van der Waals surface area (Å²) in [6.07, 6.45) is 2.71. The minimum Gasteiger partial charge on any atom is -0.385 e. The Bertz CT molecular complexity index is 316. The lowest BCUT2D eigenvalue weighted by molar-refractivity contribution is 0.189. The SMILES string of the molecule is C=C(Br)CSc1nncn1CCCOC. The first-order valence-electron chi connectivity index (χ1n) is 4.57. The summed E-state index contributed by atoms with van der Waals surface area (Å²) in [7, 11) is 1.71. The molecule has 0 aliphatic carbocycles. The maximum atomic E-state index is 5.00. The first-order valence-corrected chi connectivity index (χ1v) is 6.34. The van der Waals surface area contributed by atoms with Crippen LogP contribution in [0, 0.1) is 0 Å². The number of halogens is 1. The number of thioether (sulfide) groups is 1. The molecule has 0 N–H and O–H groups in total. The second-order valence-electron chi connectivity index (χ2n) is 2.96. The van der Waals surface area contributed by atoms with Gasteiger partial charge in [0.05, 0.1) is 0 Å². The Morgan fingerprint density at radius 2 is 2.53 bits per heavy atom. The molecule has 0 radical (unpaired) electrons. The Balaban J connectivity index is 2.42. The number of hydrogen-bond acceptors (Lipinski definition) is 4. The van der Waals surface area contributed by atoms with E-state index in [4.69, 9.17) is 4.74 Å². The molecular weight excluding hydrogens is 278 g/mol. The van der Waals surface area contributed by atoms with Crippen molar-refractivity contribution in [2.45, 2.75) is 18.1 Å². The molecule has 4 nitrogen and oxygen atoms in total. The van der Waals surface area contributed by atoms with E-state index in [1.54, 1.807) is 25.2 Å². The minimum absolute atomic E-state index is 0.757.